The van der Waals surface area contributed by atoms with E-state index in [9.17, 15) is 5.11 Å². The third kappa shape index (κ3) is 2.66. The smallest absolute Gasteiger partial charge is 0.161 e. The van der Waals surface area contributed by atoms with Gasteiger partial charge in [0, 0.05) is 0 Å². The van der Waals surface area contributed by atoms with Crippen molar-refractivity contribution >= 4 is 0 Å². The Morgan fingerprint density at radius 3 is 2.57 bits per heavy atom. The fourth-order valence-electron chi connectivity index (χ4n) is 1.07. The Morgan fingerprint density at radius 1 is 1.36 bits per heavy atom. The maximum atomic E-state index is 9.57. The Bertz CT molecular complexity index is 316. The molecule has 1 N–H and O–H groups in total. The van der Waals surface area contributed by atoms with E-state index in [4.69, 9.17) is 4.74 Å². The number of aryl methyl sites for hydroxylation is 1. The molecule has 2 heteroatoms. The lowest BCUT2D eigenvalue weighted by Gasteiger charge is -2.25. The molecule has 0 aliphatic rings. The summed E-state index contributed by atoms with van der Waals surface area (Å²) in [6, 6.07) is 5.38. The molecule has 0 atom stereocenters. The summed E-state index contributed by atoms with van der Waals surface area (Å²) in [5.41, 5.74) is 0.857. The number of phenolic OH excluding ortho intramolecular Hbond substituents is 1. The Morgan fingerprint density at radius 2 is 2.00 bits per heavy atom. The summed E-state index contributed by atoms with van der Waals surface area (Å²) in [7, 11) is 0. The lowest BCUT2D eigenvalue weighted by atomic mass is 10.1. The molecule has 78 valence electrons. The fraction of sp³-hybridized carbons (Fsp3) is 0.500. The number of ether oxygens (including phenoxy) is 1. The molecule has 1 rings (SSSR count). The van der Waals surface area contributed by atoms with Gasteiger partial charge in [-0.25, -0.2) is 0 Å². The Labute approximate surface area is 85.5 Å². The van der Waals surface area contributed by atoms with Crippen molar-refractivity contribution in [1.82, 2.24) is 0 Å². The minimum atomic E-state index is -0.231. The molecule has 0 bridgehead atoms. The minimum Gasteiger partial charge on any atom is -0.504 e. The van der Waals surface area contributed by atoms with Gasteiger partial charge in [0.2, 0.25) is 0 Å². The predicted molar refractivity (Wildman–Crippen MR) is 57.8 cm³/mol. The number of rotatable bonds is 3. The summed E-state index contributed by atoms with van der Waals surface area (Å²) < 4.78 is 5.71. The molecule has 0 aliphatic carbocycles. The maximum absolute atomic E-state index is 9.57. The fourth-order valence-corrected chi connectivity index (χ4v) is 1.07. The van der Waals surface area contributed by atoms with Gasteiger partial charge in [0.1, 0.15) is 5.60 Å². The molecule has 0 saturated heterocycles. The zero-order chi connectivity index (χ0) is 10.8. The van der Waals surface area contributed by atoms with E-state index in [-0.39, 0.29) is 11.4 Å². The van der Waals surface area contributed by atoms with Crippen molar-refractivity contribution in [3.05, 3.63) is 23.8 Å². The number of aromatic hydroxyl groups is 1. The van der Waals surface area contributed by atoms with Crippen LogP contribution in [0.15, 0.2) is 18.2 Å². The molecule has 0 spiro atoms. The SMILES string of the molecule is CCC(C)(C)Oc1cc(C)ccc1O. The van der Waals surface area contributed by atoms with Crippen LogP contribution in [0.1, 0.15) is 32.8 Å². The van der Waals surface area contributed by atoms with E-state index >= 15 is 0 Å². The topological polar surface area (TPSA) is 29.5 Å². The summed E-state index contributed by atoms with van der Waals surface area (Å²) in [5, 5.41) is 9.57. The molecule has 0 amide bonds. The van der Waals surface area contributed by atoms with Crippen molar-refractivity contribution in [2.75, 3.05) is 0 Å². The minimum absolute atomic E-state index is 0.206. The number of hydrogen-bond acceptors (Lipinski definition) is 2. The highest BCUT2D eigenvalue weighted by atomic mass is 16.5. The molecule has 0 unspecified atom stereocenters. The largest absolute Gasteiger partial charge is 0.504 e. The van der Waals surface area contributed by atoms with Gasteiger partial charge in [0.25, 0.3) is 0 Å². The lowest BCUT2D eigenvalue weighted by molar-refractivity contribution is 0.101. The molecule has 0 fully saturated rings. The Balaban J connectivity index is 2.91. The first-order valence-electron chi connectivity index (χ1n) is 4.93. The summed E-state index contributed by atoms with van der Waals surface area (Å²) in [6.45, 7) is 8.06. The van der Waals surface area contributed by atoms with Gasteiger partial charge >= 0.3 is 0 Å². The summed E-state index contributed by atoms with van der Waals surface area (Å²) >= 11 is 0. The van der Waals surface area contributed by atoms with Crippen LogP contribution in [-0.2, 0) is 0 Å². The van der Waals surface area contributed by atoms with E-state index in [0.29, 0.717) is 5.75 Å². The van der Waals surface area contributed by atoms with Gasteiger partial charge in [-0.05, 0) is 44.9 Å². The third-order valence-electron chi connectivity index (χ3n) is 2.35. The van der Waals surface area contributed by atoms with E-state index in [1.54, 1.807) is 6.07 Å². The monoisotopic (exact) mass is 194 g/mol. The van der Waals surface area contributed by atoms with Crippen LogP contribution in [0.5, 0.6) is 11.5 Å². The molecule has 2 nitrogen and oxygen atoms in total. The lowest BCUT2D eigenvalue weighted by Crippen LogP contribution is -2.26. The predicted octanol–water partition coefficient (Wildman–Crippen LogP) is 3.27. The molecule has 14 heavy (non-hydrogen) atoms. The van der Waals surface area contributed by atoms with E-state index in [0.717, 1.165) is 12.0 Å². The zero-order valence-electron chi connectivity index (χ0n) is 9.29. The maximum Gasteiger partial charge on any atom is 0.161 e. The first-order chi connectivity index (χ1) is 6.44. The standard InChI is InChI=1S/C12H18O2/c1-5-12(3,4)14-11-8-9(2)6-7-10(11)13/h6-8,13H,5H2,1-4H3. The van der Waals surface area contributed by atoms with Gasteiger partial charge in [0.05, 0.1) is 0 Å². The van der Waals surface area contributed by atoms with Gasteiger partial charge in [0.15, 0.2) is 11.5 Å². The molecule has 0 aliphatic heterocycles. The normalized spacial score (nSPS) is 11.4. The first kappa shape index (κ1) is 10.9. The van der Waals surface area contributed by atoms with Crippen molar-refractivity contribution in [3.8, 4) is 11.5 Å². The second-order valence-electron chi connectivity index (χ2n) is 4.19. The van der Waals surface area contributed by atoms with Crippen LogP contribution in [-0.4, -0.2) is 10.7 Å². The van der Waals surface area contributed by atoms with Crippen LogP contribution in [0.3, 0.4) is 0 Å². The van der Waals surface area contributed by atoms with Crippen molar-refractivity contribution in [2.24, 2.45) is 0 Å². The average Bonchev–Trinajstić information content (AvgIpc) is 2.11. The summed E-state index contributed by atoms with van der Waals surface area (Å²) in [4.78, 5) is 0. The zero-order valence-corrected chi connectivity index (χ0v) is 9.29. The second kappa shape index (κ2) is 3.91. The molecule has 0 heterocycles. The van der Waals surface area contributed by atoms with Crippen LogP contribution in [0, 0.1) is 6.92 Å². The highest BCUT2D eigenvalue weighted by Gasteiger charge is 2.18. The van der Waals surface area contributed by atoms with E-state index in [1.807, 2.05) is 32.9 Å². The Kier molecular flexibility index (Phi) is 3.04. The molecular weight excluding hydrogens is 176 g/mol. The van der Waals surface area contributed by atoms with Crippen molar-refractivity contribution in [2.45, 2.75) is 39.7 Å². The van der Waals surface area contributed by atoms with Gasteiger partial charge in [-0.2, -0.15) is 0 Å². The highest BCUT2D eigenvalue weighted by molar-refractivity contribution is 5.41. The van der Waals surface area contributed by atoms with Gasteiger partial charge < -0.3 is 9.84 Å². The van der Waals surface area contributed by atoms with E-state index < -0.39 is 0 Å². The third-order valence-corrected chi connectivity index (χ3v) is 2.35. The van der Waals surface area contributed by atoms with E-state index in [1.165, 1.54) is 0 Å². The molecule has 0 aromatic heterocycles. The van der Waals surface area contributed by atoms with Crippen LogP contribution in [0.2, 0.25) is 0 Å². The quantitative estimate of drug-likeness (QED) is 0.800. The molecule has 0 radical (unpaired) electrons. The van der Waals surface area contributed by atoms with Crippen LogP contribution in [0.4, 0.5) is 0 Å². The molecule has 0 saturated carbocycles. The van der Waals surface area contributed by atoms with Crippen LogP contribution < -0.4 is 4.74 Å². The first-order valence-corrected chi connectivity index (χ1v) is 4.93. The average molecular weight is 194 g/mol. The molecular formula is C12H18O2. The highest BCUT2D eigenvalue weighted by Crippen LogP contribution is 2.30. The number of phenols is 1. The van der Waals surface area contributed by atoms with Crippen molar-refractivity contribution in [3.63, 3.8) is 0 Å². The summed E-state index contributed by atoms with van der Waals surface area (Å²) in [5.74, 6) is 0.772. The van der Waals surface area contributed by atoms with Gasteiger partial charge in [-0.1, -0.05) is 13.0 Å². The van der Waals surface area contributed by atoms with E-state index in [2.05, 4.69) is 6.92 Å². The number of hydrogen-bond donors (Lipinski definition) is 1. The van der Waals surface area contributed by atoms with Crippen molar-refractivity contribution in [1.29, 1.82) is 0 Å². The van der Waals surface area contributed by atoms with Gasteiger partial charge in [-0.3, -0.25) is 0 Å². The molecule has 1 aromatic carbocycles. The Hall–Kier alpha value is -1.18. The van der Waals surface area contributed by atoms with Crippen LogP contribution >= 0.6 is 0 Å². The molecule has 1 aromatic rings. The van der Waals surface area contributed by atoms with Crippen LogP contribution in [0.25, 0.3) is 0 Å². The second-order valence-corrected chi connectivity index (χ2v) is 4.19. The van der Waals surface area contributed by atoms with Gasteiger partial charge in [-0.15, -0.1) is 0 Å². The summed E-state index contributed by atoms with van der Waals surface area (Å²) in [6.07, 6.45) is 0.903. The number of benzene rings is 1. The van der Waals surface area contributed by atoms with Crippen molar-refractivity contribution < 1.29 is 9.84 Å².